The molecule has 1 aromatic rings. The fourth-order valence-corrected chi connectivity index (χ4v) is 2.19. The van der Waals surface area contributed by atoms with E-state index >= 15 is 0 Å². The minimum Gasteiger partial charge on any atom is -0.491 e. The van der Waals surface area contributed by atoms with Crippen molar-refractivity contribution in [1.29, 1.82) is 0 Å². The standard InChI is InChI=1S/C16H21Cl2NO/c1-5-6-7-8-20-15-12(11-19-16(2,3)4)9-13(17)10-14(15)18/h9-10,19H,7-8,11H2,1-4H3. The van der Waals surface area contributed by atoms with Crippen molar-refractivity contribution in [3.05, 3.63) is 27.7 Å². The van der Waals surface area contributed by atoms with Gasteiger partial charge in [-0.05, 0) is 39.8 Å². The number of hydrogen-bond donors (Lipinski definition) is 1. The Kier molecular flexibility index (Phi) is 6.68. The molecule has 0 fully saturated rings. The summed E-state index contributed by atoms with van der Waals surface area (Å²) >= 11 is 12.3. The van der Waals surface area contributed by atoms with Crippen LogP contribution in [0.4, 0.5) is 0 Å². The van der Waals surface area contributed by atoms with Gasteiger partial charge < -0.3 is 10.1 Å². The topological polar surface area (TPSA) is 21.3 Å². The highest BCUT2D eigenvalue weighted by Gasteiger charge is 2.14. The Morgan fingerprint density at radius 3 is 2.55 bits per heavy atom. The van der Waals surface area contributed by atoms with Crippen LogP contribution in [0.25, 0.3) is 0 Å². The van der Waals surface area contributed by atoms with E-state index in [0.29, 0.717) is 35.4 Å². The van der Waals surface area contributed by atoms with E-state index in [0.717, 1.165) is 5.56 Å². The van der Waals surface area contributed by atoms with Crippen molar-refractivity contribution >= 4 is 23.2 Å². The average molecular weight is 314 g/mol. The highest BCUT2D eigenvalue weighted by atomic mass is 35.5. The van der Waals surface area contributed by atoms with E-state index in [1.54, 1.807) is 6.07 Å². The summed E-state index contributed by atoms with van der Waals surface area (Å²) in [6.07, 6.45) is 0.682. The summed E-state index contributed by atoms with van der Waals surface area (Å²) in [5, 5.41) is 4.56. The molecule has 0 radical (unpaired) electrons. The van der Waals surface area contributed by atoms with Crippen LogP contribution in [0.2, 0.25) is 10.0 Å². The van der Waals surface area contributed by atoms with Crippen molar-refractivity contribution in [1.82, 2.24) is 5.32 Å². The number of nitrogens with one attached hydrogen (secondary N) is 1. The number of benzene rings is 1. The minimum atomic E-state index is 0.0136. The molecule has 0 saturated heterocycles. The lowest BCUT2D eigenvalue weighted by Crippen LogP contribution is -2.35. The Hall–Kier alpha value is -0.880. The Bertz CT molecular complexity index is 510. The third-order valence-corrected chi connectivity index (χ3v) is 3.04. The zero-order chi connectivity index (χ0) is 15.2. The smallest absolute Gasteiger partial charge is 0.142 e. The third-order valence-electron chi connectivity index (χ3n) is 2.54. The average Bonchev–Trinajstić information content (AvgIpc) is 2.33. The number of halogens is 2. The molecule has 110 valence electrons. The van der Waals surface area contributed by atoms with Crippen LogP contribution in [-0.2, 0) is 6.54 Å². The van der Waals surface area contributed by atoms with Gasteiger partial charge in [0.2, 0.25) is 0 Å². The van der Waals surface area contributed by atoms with Crippen molar-refractivity contribution in [2.24, 2.45) is 0 Å². The molecular weight excluding hydrogens is 293 g/mol. The highest BCUT2D eigenvalue weighted by molar-refractivity contribution is 6.35. The van der Waals surface area contributed by atoms with Crippen LogP contribution < -0.4 is 10.1 Å². The molecule has 1 N–H and O–H groups in total. The van der Waals surface area contributed by atoms with E-state index in [1.165, 1.54) is 0 Å². The minimum absolute atomic E-state index is 0.0136. The summed E-state index contributed by atoms with van der Waals surface area (Å²) in [7, 11) is 0. The molecule has 2 nitrogen and oxygen atoms in total. The largest absolute Gasteiger partial charge is 0.491 e. The third kappa shape index (κ3) is 6.05. The Labute approximate surface area is 131 Å². The molecule has 0 heterocycles. The van der Waals surface area contributed by atoms with Crippen molar-refractivity contribution < 1.29 is 4.74 Å². The summed E-state index contributed by atoms with van der Waals surface area (Å²) in [6, 6.07) is 3.58. The van der Waals surface area contributed by atoms with Gasteiger partial charge in [-0.2, -0.15) is 0 Å². The van der Waals surface area contributed by atoms with Crippen molar-refractivity contribution in [3.63, 3.8) is 0 Å². The second-order valence-corrected chi connectivity index (χ2v) is 6.35. The maximum absolute atomic E-state index is 6.22. The molecule has 1 aromatic carbocycles. The van der Waals surface area contributed by atoms with E-state index in [-0.39, 0.29) is 5.54 Å². The molecule has 1 rings (SSSR count). The molecule has 0 spiro atoms. The molecule has 0 saturated carbocycles. The molecule has 4 heteroatoms. The summed E-state index contributed by atoms with van der Waals surface area (Å²) < 4.78 is 5.76. The fraction of sp³-hybridized carbons (Fsp3) is 0.500. The zero-order valence-electron chi connectivity index (χ0n) is 12.4. The van der Waals surface area contributed by atoms with Gasteiger partial charge in [-0.1, -0.05) is 23.2 Å². The van der Waals surface area contributed by atoms with Gasteiger partial charge in [0.15, 0.2) is 0 Å². The molecular formula is C16H21Cl2NO. The summed E-state index contributed by atoms with van der Waals surface area (Å²) in [5.74, 6) is 6.49. The van der Waals surface area contributed by atoms with Gasteiger partial charge >= 0.3 is 0 Å². The molecule has 0 aliphatic rings. The van der Waals surface area contributed by atoms with E-state index in [4.69, 9.17) is 27.9 Å². The Balaban J connectivity index is 2.86. The van der Waals surface area contributed by atoms with Crippen molar-refractivity contribution in [3.8, 4) is 17.6 Å². The Morgan fingerprint density at radius 2 is 1.95 bits per heavy atom. The Morgan fingerprint density at radius 1 is 1.25 bits per heavy atom. The first-order valence-corrected chi connectivity index (χ1v) is 7.34. The van der Waals surface area contributed by atoms with Gasteiger partial charge in [-0.15, -0.1) is 11.8 Å². The first kappa shape index (κ1) is 17.2. The molecule has 0 amide bonds. The molecule has 20 heavy (non-hydrogen) atoms. The predicted octanol–water partition coefficient (Wildman–Crippen LogP) is 4.67. The molecule has 0 unspecified atom stereocenters. The van der Waals surface area contributed by atoms with E-state index in [9.17, 15) is 0 Å². The summed E-state index contributed by atoms with van der Waals surface area (Å²) in [5.41, 5.74) is 0.974. The lowest BCUT2D eigenvalue weighted by atomic mass is 10.1. The van der Waals surface area contributed by atoms with Crippen LogP contribution in [0.15, 0.2) is 12.1 Å². The van der Waals surface area contributed by atoms with Crippen LogP contribution in [0.3, 0.4) is 0 Å². The van der Waals surface area contributed by atoms with Crippen LogP contribution in [0.5, 0.6) is 5.75 Å². The van der Waals surface area contributed by atoms with Gasteiger partial charge in [-0.3, -0.25) is 0 Å². The normalized spacial score (nSPS) is 10.9. The zero-order valence-corrected chi connectivity index (χ0v) is 14.0. The number of rotatable bonds is 5. The van der Waals surface area contributed by atoms with Gasteiger partial charge in [0.1, 0.15) is 5.75 Å². The number of ether oxygens (including phenoxy) is 1. The first-order valence-electron chi connectivity index (χ1n) is 6.59. The quantitative estimate of drug-likeness (QED) is 0.630. The molecule has 0 bridgehead atoms. The highest BCUT2D eigenvalue weighted by Crippen LogP contribution is 2.32. The maximum Gasteiger partial charge on any atom is 0.142 e. The molecule has 0 aliphatic heterocycles. The van der Waals surface area contributed by atoms with E-state index < -0.39 is 0 Å². The predicted molar refractivity (Wildman–Crippen MR) is 86.6 cm³/mol. The second-order valence-electron chi connectivity index (χ2n) is 5.50. The van der Waals surface area contributed by atoms with E-state index in [2.05, 4.69) is 37.9 Å². The van der Waals surface area contributed by atoms with Gasteiger partial charge in [0.25, 0.3) is 0 Å². The van der Waals surface area contributed by atoms with Crippen LogP contribution in [-0.4, -0.2) is 12.1 Å². The lowest BCUT2D eigenvalue weighted by Gasteiger charge is -2.22. The number of hydrogen-bond acceptors (Lipinski definition) is 2. The molecule has 0 atom stereocenters. The lowest BCUT2D eigenvalue weighted by molar-refractivity contribution is 0.320. The SMILES string of the molecule is CC#CCCOc1c(Cl)cc(Cl)cc1CNC(C)(C)C. The monoisotopic (exact) mass is 313 g/mol. The molecule has 0 aliphatic carbocycles. The van der Waals surface area contributed by atoms with Gasteiger partial charge in [0, 0.05) is 29.1 Å². The second kappa shape index (κ2) is 7.78. The first-order chi connectivity index (χ1) is 9.33. The summed E-state index contributed by atoms with van der Waals surface area (Å²) in [4.78, 5) is 0. The summed E-state index contributed by atoms with van der Waals surface area (Å²) in [6.45, 7) is 9.31. The van der Waals surface area contributed by atoms with Gasteiger partial charge in [-0.25, -0.2) is 0 Å². The van der Waals surface area contributed by atoms with Crippen molar-refractivity contribution in [2.45, 2.75) is 46.2 Å². The van der Waals surface area contributed by atoms with Gasteiger partial charge in [0.05, 0.1) is 11.6 Å². The van der Waals surface area contributed by atoms with E-state index in [1.807, 2.05) is 13.0 Å². The van der Waals surface area contributed by atoms with Crippen molar-refractivity contribution in [2.75, 3.05) is 6.61 Å². The van der Waals surface area contributed by atoms with Crippen LogP contribution in [0, 0.1) is 11.8 Å². The maximum atomic E-state index is 6.22. The van der Waals surface area contributed by atoms with Crippen LogP contribution >= 0.6 is 23.2 Å². The van der Waals surface area contributed by atoms with Crippen LogP contribution in [0.1, 0.15) is 39.7 Å². The molecule has 0 aromatic heterocycles. The fourth-order valence-electron chi connectivity index (χ4n) is 1.60.